The summed E-state index contributed by atoms with van der Waals surface area (Å²) in [6.07, 6.45) is 3.63. The third kappa shape index (κ3) is 2.68. The first-order valence-corrected chi connectivity index (χ1v) is 6.26. The normalized spacial score (nSPS) is 10.4. The lowest BCUT2D eigenvalue weighted by Crippen LogP contribution is -2.04. The molecule has 0 saturated heterocycles. The third-order valence-corrected chi connectivity index (χ3v) is 3.29. The van der Waals surface area contributed by atoms with Gasteiger partial charge in [0.25, 0.3) is 0 Å². The van der Waals surface area contributed by atoms with E-state index in [2.05, 4.69) is 32.9 Å². The Balaban J connectivity index is 2.08. The zero-order valence-electron chi connectivity index (χ0n) is 8.74. The van der Waals surface area contributed by atoms with Gasteiger partial charge in [0.05, 0.1) is 29.3 Å². The molecule has 0 atom stereocenters. The van der Waals surface area contributed by atoms with Gasteiger partial charge in [0.15, 0.2) is 0 Å². The number of rotatable bonds is 3. The van der Waals surface area contributed by atoms with Crippen LogP contribution in [-0.2, 0) is 13.6 Å². The molecule has 1 aromatic heterocycles. The Hall–Kier alpha value is -0.750. The first kappa shape index (κ1) is 11.7. The highest BCUT2D eigenvalue weighted by Gasteiger charge is 2.02. The van der Waals surface area contributed by atoms with E-state index in [1.54, 1.807) is 6.33 Å². The molecular formula is C11H11ClIN3. The number of benzene rings is 1. The van der Waals surface area contributed by atoms with Crippen LogP contribution in [0.3, 0.4) is 0 Å². The molecule has 0 aliphatic carbocycles. The van der Waals surface area contributed by atoms with Gasteiger partial charge in [-0.15, -0.1) is 0 Å². The molecule has 0 fully saturated rings. The summed E-state index contributed by atoms with van der Waals surface area (Å²) in [5.41, 5.74) is 2.07. The van der Waals surface area contributed by atoms with Crippen molar-refractivity contribution in [1.82, 2.24) is 9.55 Å². The summed E-state index contributed by atoms with van der Waals surface area (Å²) in [5.74, 6) is 0. The van der Waals surface area contributed by atoms with E-state index in [-0.39, 0.29) is 0 Å². The molecule has 0 unspecified atom stereocenters. The SMILES string of the molecule is Cn1cncc1CNc1ccc(I)cc1Cl. The summed E-state index contributed by atoms with van der Waals surface area (Å²) < 4.78 is 3.11. The molecule has 0 amide bonds. The van der Waals surface area contributed by atoms with Gasteiger partial charge in [0.1, 0.15) is 0 Å². The van der Waals surface area contributed by atoms with Crippen LogP contribution in [0.25, 0.3) is 0 Å². The molecule has 0 bridgehead atoms. The van der Waals surface area contributed by atoms with Crippen LogP contribution >= 0.6 is 34.2 Å². The van der Waals surface area contributed by atoms with E-state index in [0.717, 1.165) is 26.5 Å². The minimum absolute atomic E-state index is 0.719. The Morgan fingerprint density at radius 3 is 2.94 bits per heavy atom. The van der Waals surface area contributed by atoms with E-state index in [1.807, 2.05) is 36.0 Å². The molecule has 3 nitrogen and oxygen atoms in total. The highest BCUT2D eigenvalue weighted by atomic mass is 127. The fourth-order valence-electron chi connectivity index (χ4n) is 1.37. The molecule has 16 heavy (non-hydrogen) atoms. The minimum Gasteiger partial charge on any atom is -0.378 e. The zero-order chi connectivity index (χ0) is 11.5. The van der Waals surface area contributed by atoms with Crippen LogP contribution in [-0.4, -0.2) is 9.55 Å². The Labute approximate surface area is 113 Å². The van der Waals surface area contributed by atoms with Crippen molar-refractivity contribution < 1.29 is 0 Å². The summed E-state index contributed by atoms with van der Waals surface area (Å²) in [4.78, 5) is 4.06. The van der Waals surface area contributed by atoms with E-state index in [0.29, 0.717) is 0 Å². The van der Waals surface area contributed by atoms with Crippen molar-refractivity contribution in [3.63, 3.8) is 0 Å². The van der Waals surface area contributed by atoms with Crippen molar-refractivity contribution in [2.75, 3.05) is 5.32 Å². The van der Waals surface area contributed by atoms with Gasteiger partial charge < -0.3 is 9.88 Å². The van der Waals surface area contributed by atoms with Crippen LogP contribution in [0.1, 0.15) is 5.69 Å². The van der Waals surface area contributed by atoms with Gasteiger partial charge in [-0.2, -0.15) is 0 Å². The van der Waals surface area contributed by atoms with E-state index >= 15 is 0 Å². The predicted molar refractivity (Wildman–Crippen MR) is 74.7 cm³/mol. The lowest BCUT2D eigenvalue weighted by molar-refractivity contribution is 0.837. The number of nitrogens with zero attached hydrogens (tertiary/aromatic N) is 2. The maximum absolute atomic E-state index is 6.12. The number of aryl methyl sites for hydroxylation is 1. The number of hydrogen-bond donors (Lipinski definition) is 1. The minimum atomic E-state index is 0.719. The number of aromatic nitrogens is 2. The summed E-state index contributed by atoms with van der Waals surface area (Å²) in [7, 11) is 1.97. The Bertz CT molecular complexity index is 496. The maximum atomic E-state index is 6.12. The monoisotopic (exact) mass is 347 g/mol. The molecule has 1 aromatic carbocycles. The molecule has 1 N–H and O–H groups in total. The second-order valence-electron chi connectivity index (χ2n) is 3.47. The highest BCUT2D eigenvalue weighted by molar-refractivity contribution is 14.1. The molecule has 0 radical (unpaired) electrons. The lowest BCUT2D eigenvalue weighted by atomic mass is 10.3. The average molecular weight is 348 g/mol. The summed E-state index contributed by atoms with van der Waals surface area (Å²) in [6.45, 7) is 0.719. The van der Waals surface area contributed by atoms with E-state index in [1.165, 1.54) is 0 Å². The van der Waals surface area contributed by atoms with E-state index in [9.17, 15) is 0 Å². The Morgan fingerprint density at radius 1 is 1.50 bits per heavy atom. The first-order chi connectivity index (χ1) is 7.66. The van der Waals surface area contributed by atoms with Gasteiger partial charge in [-0.05, 0) is 40.8 Å². The van der Waals surface area contributed by atoms with Gasteiger partial charge >= 0.3 is 0 Å². The van der Waals surface area contributed by atoms with Crippen LogP contribution in [0.15, 0.2) is 30.7 Å². The first-order valence-electron chi connectivity index (χ1n) is 4.81. The van der Waals surface area contributed by atoms with Gasteiger partial charge in [-0.3, -0.25) is 0 Å². The van der Waals surface area contributed by atoms with Gasteiger partial charge in [-0.1, -0.05) is 11.6 Å². The lowest BCUT2D eigenvalue weighted by Gasteiger charge is -2.08. The molecule has 2 aromatic rings. The van der Waals surface area contributed by atoms with Crippen LogP contribution in [0.4, 0.5) is 5.69 Å². The maximum Gasteiger partial charge on any atom is 0.0946 e. The second kappa shape index (κ2) is 5.05. The molecule has 84 valence electrons. The van der Waals surface area contributed by atoms with Crippen LogP contribution in [0, 0.1) is 3.57 Å². The summed E-state index contributed by atoms with van der Waals surface area (Å²) in [5, 5.41) is 4.03. The molecule has 0 spiro atoms. The molecular weight excluding hydrogens is 336 g/mol. The fraction of sp³-hybridized carbons (Fsp3) is 0.182. The van der Waals surface area contributed by atoms with E-state index < -0.39 is 0 Å². The standard InChI is InChI=1S/C11H11ClIN3/c1-16-7-14-5-9(16)6-15-11-3-2-8(13)4-10(11)12/h2-5,7,15H,6H2,1H3. The average Bonchev–Trinajstić information content (AvgIpc) is 2.63. The largest absolute Gasteiger partial charge is 0.378 e. The van der Waals surface area contributed by atoms with Gasteiger partial charge in [-0.25, -0.2) is 4.98 Å². The highest BCUT2D eigenvalue weighted by Crippen LogP contribution is 2.24. The predicted octanol–water partition coefficient (Wildman–Crippen LogP) is 3.29. The zero-order valence-corrected chi connectivity index (χ0v) is 11.7. The fourth-order valence-corrected chi connectivity index (χ4v) is 2.30. The Morgan fingerprint density at radius 2 is 2.31 bits per heavy atom. The van der Waals surface area contributed by atoms with Crippen molar-refractivity contribution in [3.8, 4) is 0 Å². The van der Waals surface area contributed by atoms with E-state index in [4.69, 9.17) is 11.6 Å². The van der Waals surface area contributed by atoms with Crippen molar-refractivity contribution in [3.05, 3.63) is 45.0 Å². The topological polar surface area (TPSA) is 29.9 Å². The quantitative estimate of drug-likeness (QED) is 0.864. The number of imidazole rings is 1. The molecule has 2 rings (SSSR count). The second-order valence-corrected chi connectivity index (χ2v) is 5.13. The molecule has 0 saturated carbocycles. The third-order valence-electron chi connectivity index (χ3n) is 2.31. The van der Waals surface area contributed by atoms with Crippen LogP contribution < -0.4 is 5.32 Å². The number of nitrogens with one attached hydrogen (secondary N) is 1. The summed E-state index contributed by atoms with van der Waals surface area (Å²) >= 11 is 8.36. The van der Waals surface area contributed by atoms with Gasteiger partial charge in [0.2, 0.25) is 0 Å². The van der Waals surface area contributed by atoms with Crippen molar-refractivity contribution in [1.29, 1.82) is 0 Å². The van der Waals surface area contributed by atoms with Crippen molar-refractivity contribution >= 4 is 39.9 Å². The van der Waals surface area contributed by atoms with Crippen molar-refractivity contribution in [2.45, 2.75) is 6.54 Å². The molecule has 5 heteroatoms. The van der Waals surface area contributed by atoms with Crippen LogP contribution in [0.5, 0.6) is 0 Å². The Kier molecular flexibility index (Phi) is 3.70. The number of halogens is 2. The van der Waals surface area contributed by atoms with Crippen LogP contribution in [0.2, 0.25) is 5.02 Å². The smallest absolute Gasteiger partial charge is 0.0946 e. The number of anilines is 1. The molecule has 0 aliphatic heterocycles. The molecule has 0 aliphatic rings. The number of hydrogen-bond acceptors (Lipinski definition) is 2. The summed E-state index contributed by atoms with van der Waals surface area (Å²) in [6, 6.07) is 5.95. The van der Waals surface area contributed by atoms with Gasteiger partial charge in [0, 0.05) is 16.8 Å². The molecule has 1 heterocycles. The van der Waals surface area contributed by atoms with Crippen molar-refractivity contribution in [2.24, 2.45) is 7.05 Å².